The Morgan fingerprint density at radius 2 is 2.11 bits per heavy atom. The molecule has 0 spiro atoms. The van der Waals surface area contributed by atoms with Crippen LogP contribution in [0, 0.1) is 6.92 Å². The van der Waals surface area contributed by atoms with Crippen LogP contribution in [0.4, 0.5) is 5.82 Å². The highest BCUT2D eigenvalue weighted by Crippen LogP contribution is 2.30. The lowest BCUT2D eigenvalue weighted by molar-refractivity contribution is 0.0946. The van der Waals surface area contributed by atoms with Gasteiger partial charge < -0.3 is 15.6 Å². The Morgan fingerprint density at radius 1 is 1.26 bits per heavy atom. The van der Waals surface area contributed by atoms with Crippen LogP contribution < -0.4 is 10.6 Å². The summed E-state index contributed by atoms with van der Waals surface area (Å²) in [5.74, 6) is 0.748. The van der Waals surface area contributed by atoms with Gasteiger partial charge in [-0.05, 0) is 32.9 Å². The van der Waals surface area contributed by atoms with Gasteiger partial charge in [0.1, 0.15) is 11.3 Å². The Bertz CT molecular complexity index is 1050. The summed E-state index contributed by atoms with van der Waals surface area (Å²) in [4.78, 5) is 25.1. The number of anilines is 1. The van der Waals surface area contributed by atoms with Gasteiger partial charge in [-0.25, -0.2) is 9.97 Å². The normalized spacial score (nSPS) is 15.0. The fraction of sp³-hybridized carbons (Fsp3) is 0.286. The molecule has 1 unspecified atom stereocenters. The summed E-state index contributed by atoms with van der Waals surface area (Å²) in [6, 6.07) is 8.03. The van der Waals surface area contributed by atoms with Gasteiger partial charge in [0.15, 0.2) is 0 Å². The van der Waals surface area contributed by atoms with Crippen LogP contribution in [0.2, 0.25) is 0 Å². The van der Waals surface area contributed by atoms with E-state index in [2.05, 4.69) is 28.6 Å². The van der Waals surface area contributed by atoms with E-state index in [9.17, 15) is 4.79 Å². The van der Waals surface area contributed by atoms with Gasteiger partial charge in [-0.2, -0.15) is 0 Å². The Balaban J connectivity index is 1.83. The SMILES string of the molecule is C/C=C/C(C)Nc1nc2c(-c3cc4c([nH]3)CCNC4=O)cccc2nc1C. The number of nitrogens with one attached hydrogen (secondary N) is 3. The Labute approximate surface area is 158 Å². The molecular formula is C21H23N5O. The third-order valence-corrected chi connectivity index (χ3v) is 4.81. The number of H-pyrrole nitrogens is 1. The van der Waals surface area contributed by atoms with E-state index in [0.717, 1.165) is 45.9 Å². The average Bonchev–Trinajstić information content (AvgIpc) is 3.07. The number of amides is 1. The molecule has 3 N–H and O–H groups in total. The quantitative estimate of drug-likeness (QED) is 0.620. The lowest BCUT2D eigenvalue weighted by Gasteiger charge is -2.14. The molecule has 1 atom stereocenters. The van der Waals surface area contributed by atoms with E-state index in [1.54, 1.807) is 0 Å². The first kappa shape index (κ1) is 17.3. The first-order valence-electron chi connectivity index (χ1n) is 9.24. The summed E-state index contributed by atoms with van der Waals surface area (Å²) in [7, 11) is 0. The van der Waals surface area contributed by atoms with Gasteiger partial charge in [-0.3, -0.25) is 4.79 Å². The second kappa shape index (κ2) is 6.87. The van der Waals surface area contributed by atoms with Gasteiger partial charge in [0, 0.05) is 36.0 Å². The van der Waals surface area contributed by atoms with E-state index in [1.165, 1.54) is 0 Å². The maximum Gasteiger partial charge on any atom is 0.253 e. The zero-order valence-electron chi connectivity index (χ0n) is 15.8. The van der Waals surface area contributed by atoms with E-state index >= 15 is 0 Å². The molecule has 0 saturated carbocycles. The number of para-hydroxylation sites is 1. The minimum Gasteiger partial charge on any atom is -0.363 e. The molecule has 0 fully saturated rings. The highest BCUT2D eigenvalue weighted by molar-refractivity contribution is 5.99. The number of aromatic nitrogens is 3. The number of carbonyl (C=O) groups is 1. The molecule has 1 aliphatic rings. The van der Waals surface area contributed by atoms with Gasteiger partial charge in [0.2, 0.25) is 0 Å². The van der Waals surface area contributed by atoms with E-state index in [4.69, 9.17) is 9.97 Å². The molecule has 3 aromatic rings. The summed E-state index contributed by atoms with van der Waals surface area (Å²) >= 11 is 0. The molecule has 0 radical (unpaired) electrons. The predicted octanol–water partition coefficient (Wildman–Crippen LogP) is 3.60. The Kier molecular flexibility index (Phi) is 4.39. The van der Waals surface area contributed by atoms with Crippen LogP contribution in [-0.2, 0) is 6.42 Å². The van der Waals surface area contributed by atoms with Crippen molar-refractivity contribution in [2.24, 2.45) is 0 Å². The Hall–Kier alpha value is -3.15. The number of nitrogens with zero attached hydrogens (tertiary/aromatic N) is 2. The number of fused-ring (bicyclic) bond motifs is 2. The van der Waals surface area contributed by atoms with Crippen LogP contribution in [0.15, 0.2) is 36.4 Å². The number of aryl methyl sites for hydroxylation is 1. The first-order chi connectivity index (χ1) is 13.1. The summed E-state index contributed by atoms with van der Waals surface area (Å²) in [6.45, 7) is 6.70. The van der Waals surface area contributed by atoms with Crippen molar-refractivity contribution in [2.75, 3.05) is 11.9 Å². The molecule has 6 heteroatoms. The van der Waals surface area contributed by atoms with Crippen LogP contribution in [0.5, 0.6) is 0 Å². The van der Waals surface area contributed by atoms with Crippen molar-refractivity contribution in [1.29, 1.82) is 0 Å². The van der Waals surface area contributed by atoms with Crippen molar-refractivity contribution in [3.8, 4) is 11.3 Å². The molecule has 0 saturated heterocycles. The average molecular weight is 361 g/mol. The van der Waals surface area contributed by atoms with Crippen LogP contribution in [0.3, 0.4) is 0 Å². The molecule has 138 valence electrons. The minimum atomic E-state index is -0.0246. The number of hydrogen-bond donors (Lipinski definition) is 3. The van der Waals surface area contributed by atoms with Gasteiger partial charge in [-0.1, -0.05) is 24.3 Å². The standard InChI is InChI=1S/C21H23N5O/c1-4-6-12(2)23-20-13(3)24-17-8-5-7-14(19(17)26-20)18-11-15-16(25-18)9-10-22-21(15)27/h4-8,11-12,25H,9-10H2,1-3H3,(H,22,27)(H,23,26)/b6-4+. The van der Waals surface area contributed by atoms with Gasteiger partial charge in [0.05, 0.1) is 16.8 Å². The first-order valence-corrected chi connectivity index (χ1v) is 9.24. The van der Waals surface area contributed by atoms with Crippen LogP contribution in [-0.4, -0.2) is 33.4 Å². The second-order valence-corrected chi connectivity index (χ2v) is 6.87. The molecule has 1 aromatic carbocycles. The molecule has 3 heterocycles. The smallest absolute Gasteiger partial charge is 0.253 e. The number of hydrogen-bond acceptors (Lipinski definition) is 4. The van der Waals surface area contributed by atoms with Gasteiger partial charge >= 0.3 is 0 Å². The highest BCUT2D eigenvalue weighted by Gasteiger charge is 2.21. The molecule has 0 bridgehead atoms. The van der Waals surface area contributed by atoms with E-state index in [1.807, 2.05) is 44.2 Å². The van der Waals surface area contributed by atoms with Gasteiger partial charge in [0.25, 0.3) is 5.91 Å². The summed E-state index contributed by atoms with van der Waals surface area (Å²) in [6.07, 6.45) is 4.90. The van der Waals surface area contributed by atoms with E-state index in [-0.39, 0.29) is 11.9 Å². The lowest BCUT2D eigenvalue weighted by atomic mass is 10.1. The summed E-state index contributed by atoms with van der Waals surface area (Å²) in [5, 5.41) is 6.29. The molecule has 2 aromatic heterocycles. The largest absolute Gasteiger partial charge is 0.363 e. The van der Waals surface area contributed by atoms with E-state index < -0.39 is 0 Å². The fourth-order valence-electron chi connectivity index (χ4n) is 3.51. The molecule has 6 nitrogen and oxygen atoms in total. The maximum atomic E-state index is 12.1. The number of allylic oxidation sites excluding steroid dienone is 1. The number of benzene rings is 1. The van der Waals surface area contributed by atoms with Crippen LogP contribution in [0.25, 0.3) is 22.3 Å². The van der Waals surface area contributed by atoms with Crippen molar-refractivity contribution in [3.63, 3.8) is 0 Å². The van der Waals surface area contributed by atoms with Crippen molar-refractivity contribution >= 4 is 22.8 Å². The monoisotopic (exact) mass is 361 g/mol. The molecule has 27 heavy (non-hydrogen) atoms. The van der Waals surface area contributed by atoms with Crippen molar-refractivity contribution in [3.05, 3.63) is 53.4 Å². The molecule has 1 amide bonds. The van der Waals surface area contributed by atoms with Crippen molar-refractivity contribution in [1.82, 2.24) is 20.3 Å². The zero-order chi connectivity index (χ0) is 19.0. The molecule has 4 rings (SSSR count). The maximum absolute atomic E-state index is 12.1. The van der Waals surface area contributed by atoms with Crippen LogP contribution in [0.1, 0.15) is 35.6 Å². The molecular weight excluding hydrogens is 338 g/mol. The van der Waals surface area contributed by atoms with Crippen molar-refractivity contribution < 1.29 is 4.79 Å². The third-order valence-electron chi connectivity index (χ3n) is 4.81. The van der Waals surface area contributed by atoms with Gasteiger partial charge in [-0.15, -0.1) is 0 Å². The third kappa shape index (κ3) is 3.18. The number of rotatable bonds is 4. The predicted molar refractivity (Wildman–Crippen MR) is 108 cm³/mol. The van der Waals surface area contributed by atoms with E-state index in [0.29, 0.717) is 12.1 Å². The Morgan fingerprint density at radius 3 is 2.89 bits per heavy atom. The fourth-order valence-corrected chi connectivity index (χ4v) is 3.51. The number of carbonyl (C=O) groups excluding carboxylic acids is 1. The summed E-state index contributed by atoms with van der Waals surface area (Å²) in [5.41, 5.74) is 6.06. The topological polar surface area (TPSA) is 82.7 Å². The molecule has 0 aliphatic carbocycles. The lowest BCUT2D eigenvalue weighted by Crippen LogP contribution is -2.31. The minimum absolute atomic E-state index is 0.0246. The summed E-state index contributed by atoms with van der Waals surface area (Å²) < 4.78 is 0. The van der Waals surface area contributed by atoms with Crippen molar-refractivity contribution in [2.45, 2.75) is 33.2 Å². The zero-order valence-corrected chi connectivity index (χ0v) is 15.8. The highest BCUT2D eigenvalue weighted by atomic mass is 16.1. The molecule has 1 aliphatic heterocycles. The number of aromatic amines is 1. The van der Waals surface area contributed by atoms with Crippen LogP contribution >= 0.6 is 0 Å². The second-order valence-electron chi connectivity index (χ2n) is 6.87.